The van der Waals surface area contributed by atoms with Crippen LogP contribution in [0.5, 0.6) is 5.75 Å². The molecule has 0 heterocycles. The molecule has 0 aromatic heterocycles. The van der Waals surface area contributed by atoms with Crippen molar-refractivity contribution in [2.45, 2.75) is 6.54 Å². The molecule has 4 N–H and O–H groups in total. The maximum atomic E-state index is 11.2. The maximum Gasteiger partial charge on any atom is 0.337 e. The number of nitrogens with two attached hydrogens (primary N) is 1. The first-order chi connectivity index (χ1) is 9.61. The van der Waals surface area contributed by atoms with Crippen LogP contribution in [0, 0.1) is 0 Å². The van der Waals surface area contributed by atoms with Crippen LogP contribution in [0.3, 0.4) is 0 Å². The highest BCUT2D eigenvalue weighted by atomic mass is 16.5. The number of hydrogen-bond acceptors (Lipinski definition) is 4. The average Bonchev–Trinajstić information content (AvgIpc) is 2.46. The van der Waals surface area contributed by atoms with Gasteiger partial charge in [-0.2, -0.15) is 0 Å². The minimum Gasteiger partial charge on any atom is -0.496 e. The van der Waals surface area contributed by atoms with Gasteiger partial charge in [-0.05, 0) is 24.3 Å². The molecule has 104 valence electrons. The van der Waals surface area contributed by atoms with Gasteiger partial charge in [0, 0.05) is 23.5 Å². The van der Waals surface area contributed by atoms with E-state index in [2.05, 4.69) is 5.32 Å². The third-order valence-electron chi connectivity index (χ3n) is 2.94. The van der Waals surface area contributed by atoms with Crippen LogP contribution in [0.15, 0.2) is 42.5 Å². The van der Waals surface area contributed by atoms with E-state index < -0.39 is 5.97 Å². The lowest BCUT2D eigenvalue weighted by Gasteiger charge is -2.12. The Morgan fingerprint density at radius 3 is 2.75 bits per heavy atom. The number of methoxy groups -OCH3 is 1. The quantitative estimate of drug-likeness (QED) is 0.728. The Kier molecular flexibility index (Phi) is 4.10. The fourth-order valence-electron chi connectivity index (χ4n) is 1.93. The minimum absolute atomic E-state index is 0.153. The second kappa shape index (κ2) is 5.97. The second-order valence-electron chi connectivity index (χ2n) is 4.28. The van der Waals surface area contributed by atoms with Gasteiger partial charge in [0.15, 0.2) is 0 Å². The van der Waals surface area contributed by atoms with Gasteiger partial charge >= 0.3 is 5.97 Å². The van der Waals surface area contributed by atoms with Crippen molar-refractivity contribution in [2.75, 3.05) is 18.2 Å². The van der Waals surface area contributed by atoms with Crippen LogP contribution >= 0.6 is 0 Å². The van der Waals surface area contributed by atoms with E-state index in [-0.39, 0.29) is 5.56 Å². The van der Waals surface area contributed by atoms with E-state index in [0.29, 0.717) is 17.9 Å². The van der Waals surface area contributed by atoms with Crippen molar-refractivity contribution in [3.63, 3.8) is 0 Å². The highest BCUT2D eigenvalue weighted by Gasteiger charge is 2.11. The van der Waals surface area contributed by atoms with Crippen LogP contribution in [0.2, 0.25) is 0 Å². The Hall–Kier alpha value is -2.69. The Morgan fingerprint density at radius 2 is 2.05 bits per heavy atom. The third kappa shape index (κ3) is 3.00. The number of benzene rings is 2. The topological polar surface area (TPSA) is 84.6 Å². The van der Waals surface area contributed by atoms with Crippen LogP contribution in [-0.2, 0) is 6.54 Å². The molecule has 2 aromatic carbocycles. The van der Waals surface area contributed by atoms with Gasteiger partial charge < -0.3 is 20.9 Å². The van der Waals surface area contributed by atoms with Gasteiger partial charge in [-0.15, -0.1) is 0 Å². The predicted molar refractivity (Wildman–Crippen MR) is 78.1 cm³/mol. The van der Waals surface area contributed by atoms with E-state index in [0.717, 1.165) is 11.3 Å². The molecular weight excluding hydrogens is 256 g/mol. The van der Waals surface area contributed by atoms with Crippen LogP contribution in [0.4, 0.5) is 11.4 Å². The fraction of sp³-hybridized carbons (Fsp3) is 0.133. The number of para-hydroxylation sites is 1. The number of carboxylic acids is 1. The molecule has 0 aliphatic heterocycles. The molecule has 0 fully saturated rings. The zero-order valence-corrected chi connectivity index (χ0v) is 11.1. The number of carboxylic acid groups (broad SMARTS) is 1. The van der Waals surface area contributed by atoms with Gasteiger partial charge in [0.05, 0.1) is 12.7 Å². The Morgan fingerprint density at radius 1 is 1.30 bits per heavy atom. The highest BCUT2D eigenvalue weighted by Crippen LogP contribution is 2.22. The summed E-state index contributed by atoms with van der Waals surface area (Å²) in [6.45, 7) is 0.466. The number of rotatable bonds is 5. The van der Waals surface area contributed by atoms with Gasteiger partial charge in [-0.3, -0.25) is 0 Å². The summed E-state index contributed by atoms with van der Waals surface area (Å²) < 4.78 is 5.25. The molecule has 0 unspecified atom stereocenters. The summed E-state index contributed by atoms with van der Waals surface area (Å²) in [6.07, 6.45) is 0. The number of anilines is 2. The zero-order chi connectivity index (χ0) is 14.5. The number of nitrogens with one attached hydrogen (secondary N) is 1. The molecule has 0 bridgehead atoms. The normalized spacial score (nSPS) is 10.1. The monoisotopic (exact) mass is 272 g/mol. The summed E-state index contributed by atoms with van der Waals surface area (Å²) in [6, 6.07) is 12.3. The fourth-order valence-corrected chi connectivity index (χ4v) is 1.93. The molecular formula is C15H16N2O3. The summed E-state index contributed by atoms with van der Waals surface area (Å²) in [5.74, 6) is -0.257. The largest absolute Gasteiger partial charge is 0.496 e. The summed E-state index contributed by atoms with van der Waals surface area (Å²) >= 11 is 0. The number of ether oxygens (including phenoxy) is 1. The smallest absolute Gasteiger partial charge is 0.337 e. The van der Waals surface area contributed by atoms with Crippen molar-refractivity contribution in [3.8, 4) is 5.75 Å². The van der Waals surface area contributed by atoms with E-state index >= 15 is 0 Å². The number of nitrogen functional groups attached to an aromatic ring is 1. The van der Waals surface area contributed by atoms with Crippen LogP contribution < -0.4 is 15.8 Å². The van der Waals surface area contributed by atoms with Gasteiger partial charge in [-0.25, -0.2) is 4.79 Å². The predicted octanol–water partition coefficient (Wildman–Crippen LogP) is 2.59. The van der Waals surface area contributed by atoms with Crippen molar-refractivity contribution in [1.82, 2.24) is 0 Å². The summed E-state index contributed by atoms with van der Waals surface area (Å²) in [5.41, 5.74) is 7.65. The molecule has 0 amide bonds. The summed E-state index contributed by atoms with van der Waals surface area (Å²) in [4.78, 5) is 11.2. The van der Waals surface area contributed by atoms with E-state index in [9.17, 15) is 4.79 Å². The molecule has 5 nitrogen and oxygen atoms in total. The van der Waals surface area contributed by atoms with Crippen LogP contribution in [0.1, 0.15) is 15.9 Å². The van der Waals surface area contributed by atoms with Crippen molar-refractivity contribution in [3.05, 3.63) is 53.6 Å². The van der Waals surface area contributed by atoms with Crippen molar-refractivity contribution in [2.24, 2.45) is 0 Å². The molecule has 0 atom stereocenters. The zero-order valence-electron chi connectivity index (χ0n) is 11.1. The van der Waals surface area contributed by atoms with E-state index in [1.165, 1.54) is 6.07 Å². The first kappa shape index (κ1) is 13.7. The Balaban J connectivity index is 2.21. The lowest BCUT2D eigenvalue weighted by molar-refractivity contribution is 0.0698. The SMILES string of the molecule is COc1ccccc1CNc1ccc(N)cc1C(=O)O. The van der Waals surface area contributed by atoms with E-state index in [1.807, 2.05) is 24.3 Å². The lowest BCUT2D eigenvalue weighted by Crippen LogP contribution is -2.07. The first-order valence-corrected chi connectivity index (χ1v) is 6.10. The van der Waals surface area contributed by atoms with Crippen molar-refractivity contribution < 1.29 is 14.6 Å². The van der Waals surface area contributed by atoms with Gasteiger partial charge in [0.25, 0.3) is 0 Å². The van der Waals surface area contributed by atoms with E-state index in [4.69, 9.17) is 15.6 Å². The Bertz CT molecular complexity index is 626. The molecule has 0 aliphatic rings. The number of carbonyl (C=O) groups is 1. The molecule has 20 heavy (non-hydrogen) atoms. The number of hydrogen-bond donors (Lipinski definition) is 3. The van der Waals surface area contributed by atoms with Crippen LogP contribution in [-0.4, -0.2) is 18.2 Å². The van der Waals surface area contributed by atoms with Gasteiger partial charge in [-0.1, -0.05) is 18.2 Å². The number of aromatic carboxylic acids is 1. The molecule has 0 saturated heterocycles. The molecule has 0 spiro atoms. The molecule has 2 rings (SSSR count). The Labute approximate surface area is 117 Å². The minimum atomic E-state index is -1.01. The van der Waals surface area contributed by atoms with Crippen molar-refractivity contribution >= 4 is 17.3 Å². The lowest BCUT2D eigenvalue weighted by atomic mass is 10.1. The molecule has 0 saturated carbocycles. The molecule has 2 aromatic rings. The van der Waals surface area contributed by atoms with Crippen LogP contribution in [0.25, 0.3) is 0 Å². The van der Waals surface area contributed by atoms with Gasteiger partial charge in [0.1, 0.15) is 5.75 Å². The van der Waals surface area contributed by atoms with Crippen molar-refractivity contribution in [1.29, 1.82) is 0 Å². The van der Waals surface area contributed by atoms with Gasteiger partial charge in [0.2, 0.25) is 0 Å². The second-order valence-corrected chi connectivity index (χ2v) is 4.28. The standard InChI is InChI=1S/C15H16N2O3/c1-20-14-5-3-2-4-10(14)9-17-13-7-6-11(16)8-12(13)15(18)19/h2-8,17H,9,16H2,1H3,(H,18,19). The maximum absolute atomic E-state index is 11.2. The summed E-state index contributed by atoms with van der Waals surface area (Å²) in [5, 5.41) is 12.3. The molecule has 5 heteroatoms. The summed E-state index contributed by atoms with van der Waals surface area (Å²) in [7, 11) is 1.60. The average molecular weight is 272 g/mol. The first-order valence-electron chi connectivity index (χ1n) is 6.10. The highest BCUT2D eigenvalue weighted by molar-refractivity contribution is 5.95. The van der Waals surface area contributed by atoms with E-state index in [1.54, 1.807) is 19.2 Å². The third-order valence-corrected chi connectivity index (χ3v) is 2.94. The molecule has 0 radical (unpaired) electrons. The molecule has 0 aliphatic carbocycles.